The van der Waals surface area contributed by atoms with Gasteiger partial charge in [0, 0.05) is 12.5 Å². The first-order valence-electron chi connectivity index (χ1n) is 4.91. The Kier molecular flexibility index (Phi) is 4.95. The van der Waals surface area contributed by atoms with Gasteiger partial charge in [0.15, 0.2) is 0 Å². The Hall–Kier alpha value is -0.530. The zero-order valence-corrected chi connectivity index (χ0v) is 8.74. The summed E-state index contributed by atoms with van der Waals surface area (Å²) in [6.07, 6.45) is 4.55. The Balaban J connectivity index is 0.000000561. The second-order valence-corrected chi connectivity index (χ2v) is 3.35. The van der Waals surface area contributed by atoms with Gasteiger partial charge in [-0.15, -0.1) is 0 Å². The van der Waals surface area contributed by atoms with Crippen LogP contribution in [-0.2, 0) is 4.79 Å². The Labute approximate surface area is 75.7 Å². The highest BCUT2D eigenvalue weighted by Gasteiger charge is 2.35. The lowest BCUT2D eigenvalue weighted by atomic mass is 9.88. The number of amides is 1. The van der Waals surface area contributed by atoms with Crippen LogP contribution in [0.15, 0.2) is 0 Å². The van der Waals surface area contributed by atoms with E-state index < -0.39 is 0 Å². The van der Waals surface area contributed by atoms with Crippen molar-refractivity contribution in [2.24, 2.45) is 5.41 Å². The summed E-state index contributed by atoms with van der Waals surface area (Å²) in [4.78, 5) is 11.2. The quantitative estimate of drug-likeness (QED) is 0.644. The van der Waals surface area contributed by atoms with Crippen molar-refractivity contribution in [1.29, 1.82) is 0 Å². The molecule has 2 heteroatoms. The molecule has 1 amide bonds. The molecule has 1 aliphatic rings. The largest absolute Gasteiger partial charge is 0.359 e. The number of hydrogen-bond donors (Lipinski definition) is 1. The zero-order chi connectivity index (χ0) is 9.61. The smallest absolute Gasteiger partial charge is 0.225 e. The van der Waals surface area contributed by atoms with Crippen molar-refractivity contribution in [3.8, 4) is 0 Å². The van der Waals surface area contributed by atoms with Crippen molar-refractivity contribution in [2.75, 3.05) is 7.05 Å². The molecule has 1 fully saturated rings. The first-order chi connectivity index (χ1) is 5.69. The summed E-state index contributed by atoms with van der Waals surface area (Å²) >= 11 is 0. The van der Waals surface area contributed by atoms with E-state index in [9.17, 15) is 4.79 Å². The van der Waals surface area contributed by atoms with Crippen LogP contribution in [0.5, 0.6) is 0 Å². The first kappa shape index (κ1) is 11.5. The molecule has 1 aliphatic carbocycles. The van der Waals surface area contributed by atoms with E-state index in [2.05, 4.69) is 12.2 Å². The van der Waals surface area contributed by atoms with Gasteiger partial charge in [-0.05, 0) is 12.8 Å². The van der Waals surface area contributed by atoms with Gasteiger partial charge in [-0.1, -0.05) is 33.6 Å². The van der Waals surface area contributed by atoms with Crippen molar-refractivity contribution in [1.82, 2.24) is 5.32 Å². The van der Waals surface area contributed by atoms with Crippen molar-refractivity contribution in [3.05, 3.63) is 0 Å². The second kappa shape index (κ2) is 5.18. The molecule has 12 heavy (non-hydrogen) atoms. The van der Waals surface area contributed by atoms with Gasteiger partial charge < -0.3 is 5.32 Å². The molecule has 0 unspecified atom stereocenters. The summed E-state index contributed by atoms with van der Waals surface area (Å²) < 4.78 is 0. The molecule has 1 saturated carbocycles. The molecule has 2 nitrogen and oxygen atoms in total. The van der Waals surface area contributed by atoms with Crippen LogP contribution < -0.4 is 5.32 Å². The zero-order valence-electron chi connectivity index (χ0n) is 8.74. The van der Waals surface area contributed by atoms with Gasteiger partial charge in [-0.25, -0.2) is 0 Å². The third kappa shape index (κ3) is 2.50. The minimum atomic E-state index is -0.0469. The number of nitrogens with one attached hydrogen (secondary N) is 1. The average molecular weight is 171 g/mol. The second-order valence-electron chi connectivity index (χ2n) is 3.35. The molecule has 1 N–H and O–H groups in total. The van der Waals surface area contributed by atoms with Crippen molar-refractivity contribution in [2.45, 2.75) is 46.5 Å². The first-order valence-corrected chi connectivity index (χ1v) is 4.91. The molecule has 0 aromatic rings. The Morgan fingerprint density at radius 2 is 1.67 bits per heavy atom. The molecule has 0 aliphatic heterocycles. The highest BCUT2D eigenvalue weighted by Crippen LogP contribution is 2.37. The number of hydrogen-bond acceptors (Lipinski definition) is 1. The summed E-state index contributed by atoms with van der Waals surface area (Å²) in [7, 11) is 1.71. The number of carbonyl (C=O) groups is 1. The Bertz CT molecular complexity index is 137. The molecule has 0 radical (unpaired) electrons. The van der Waals surface area contributed by atoms with Crippen LogP contribution in [0.4, 0.5) is 0 Å². The standard InChI is InChI=1S/C8H15NO.C2H6/c1-8(7(10)9-2)5-3-4-6-8;1-2/h3-6H2,1-2H3,(H,9,10);1-2H3. The van der Waals surface area contributed by atoms with Gasteiger partial charge in [-0.3, -0.25) is 4.79 Å². The van der Waals surface area contributed by atoms with Crippen LogP contribution in [0.2, 0.25) is 0 Å². The van der Waals surface area contributed by atoms with Crippen LogP contribution in [0.25, 0.3) is 0 Å². The highest BCUT2D eigenvalue weighted by molar-refractivity contribution is 5.82. The Morgan fingerprint density at radius 1 is 1.25 bits per heavy atom. The van der Waals surface area contributed by atoms with E-state index in [4.69, 9.17) is 0 Å². The van der Waals surface area contributed by atoms with Gasteiger partial charge in [0.25, 0.3) is 0 Å². The lowest BCUT2D eigenvalue weighted by Gasteiger charge is -2.20. The third-order valence-electron chi connectivity index (χ3n) is 2.48. The van der Waals surface area contributed by atoms with E-state index in [1.165, 1.54) is 12.8 Å². The predicted octanol–water partition coefficient (Wildman–Crippen LogP) is 2.34. The van der Waals surface area contributed by atoms with E-state index in [1.54, 1.807) is 7.05 Å². The molecule has 0 saturated heterocycles. The molecular weight excluding hydrogens is 150 g/mol. The van der Waals surface area contributed by atoms with E-state index in [0.29, 0.717) is 0 Å². The monoisotopic (exact) mass is 171 g/mol. The molecule has 0 bridgehead atoms. The minimum absolute atomic E-state index is 0.0469. The lowest BCUT2D eigenvalue weighted by Crippen LogP contribution is -2.34. The summed E-state index contributed by atoms with van der Waals surface area (Å²) in [6.45, 7) is 6.05. The van der Waals surface area contributed by atoms with Crippen molar-refractivity contribution >= 4 is 5.91 Å². The summed E-state index contributed by atoms with van der Waals surface area (Å²) in [6, 6.07) is 0. The van der Waals surface area contributed by atoms with Crippen LogP contribution in [-0.4, -0.2) is 13.0 Å². The van der Waals surface area contributed by atoms with E-state index in [0.717, 1.165) is 12.8 Å². The topological polar surface area (TPSA) is 29.1 Å². The molecule has 0 spiro atoms. The third-order valence-corrected chi connectivity index (χ3v) is 2.48. The maximum atomic E-state index is 11.2. The van der Waals surface area contributed by atoms with Gasteiger partial charge >= 0.3 is 0 Å². The van der Waals surface area contributed by atoms with Crippen molar-refractivity contribution < 1.29 is 4.79 Å². The fraction of sp³-hybridized carbons (Fsp3) is 0.900. The SMILES string of the molecule is CC.CNC(=O)C1(C)CCCC1. The van der Waals surface area contributed by atoms with E-state index >= 15 is 0 Å². The fourth-order valence-corrected chi connectivity index (χ4v) is 1.68. The molecular formula is C10H21NO. The van der Waals surface area contributed by atoms with Crippen LogP contribution >= 0.6 is 0 Å². The molecule has 1 rings (SSSR count). The molecule has 0 atom stereocenters. The molecule has 0 heterocycles. The van der Waals surface area contributed by atoms with E-state index in [1.807, 2.05) is 13.8 Å². The summed E-state index contributed by atoms with van der Waals surface area (Å²) in [5, 5.41) is 2.71. The fourth-order valence-electron chi connectivity index (χ4n) is 1.68. The lowest BCUT2D eigenvalue weighted by molar-refractivity contribution is -0.129. The summed E-state index contributed by atoms with van der Waals surface area (Å²) in [5.41, 5.74) is -0.0469. The van der Waals surface area contributed by atoms with Gasteiger partial charge in [-0.2, -0.15) is 0 Å². The average Bonchev–Trinajstić information content (AvgIpc) is 2.55. The van der Waals surface area contributed by atoms with Crippen LogP contribution in [0, 0.1) is 5.41 Å². The number of carbonyl (C=O) groups excluding carboxylic acids is 1. The normalized spacial score (nSPS) is 19.3. The van der Waals surface area contributed by atoms with E-state index in [-0.39, 0.29) is 11.3 Å². The predicted molar refractivity (Wildman–Crippen MR) is 52.0 cm³/mol. The van der Waals surface area contributed by atoms with Gasteiger partial charge in [0.1, 0.15) is 0 Å². The Morgan fingerprint density at radius 3 is 2.00 bits per heavy atom. The minimum Gasteiger partial charge on any atom is -0.359 e. The van der Waals surface area contributed by atoms with Crippen molar-refractivity contribution in [3.63, 3.8) is 0 Å². The molecule has 0 aromatic carbocycles. The van der Waals surface area contributed by atoms with Gasteiger partial charge in [0.05, 0.1) is 0 Å². The maximum absolute atomic E-state index is 11.2. The van der Waals surface area contributed by atoms with Crippen LogP contribution in [0.3, 0.4) is 0 Å². The highest BCUT2D eigenvalue weighted by atomic mass is 16.2. The maximum Gasteiger partial charge on any atom is 0.225 e. The summed E-state index contributed by atoms with van der Waals surface area (Å²) in [5.74, 6) is 0.213. The van der Waals surface area contributed by atoms with Crippen LogP contribution in [0.1, 0.15) is 46.5 Å². The van der Waals surface area contributed by atoms with Gasteiger partial charge in [0.2, 0.25) is 5.91 Å². The molecule has 72 valence electrons. The number of rotatable bonds is 1. The molecule has 0 aromatic heterocycles.